The Morgan fingerprint density at radius 3 is 2.52 bits per heavy atom. The van der Waals surface area contributed by atoms with Crippen molar-refractivity contribution in [1.82, 2.24) is 4.31 Å². The van der Waals surface area contributed by atoms with Crippen LogP contribution in [0.5, 0.6) is 0 Å². The van der Waals surface area contributed by atoms with Crippen molar-refractivity contribution in [2.45, 2.75) is 76.2 Å². The summed E-state index contributed by atoms with van der Waals surface area (Å²) in [7, 11) is -3.61. The summed E-state index contributed by atoms with van der Waals surface area (Å²) >= 11 is 1.49. The van der Waals surface area contributed by atoms with Crippen LogP contribution >= 0.6 is 11.3 Å². The molecule has 1 fully saturated rings. The number of fused-ring (bicyclic) bond motifs is 1. The van der Waals surface area contributed by atoms with E-state index in [1.54, 1.807) is 16.4 Å². The number of hydrogen-bond donors (Lipinski definition) is 1. The summed E-state index contributed by atoms with van der Waals surface area (Å²) < 4.78 is 28.1. The Kier molecular flexibility index (Phi) is 7.22. The smallest absolute Gasteiger partial charge is 0.256 e. The highest BCUT2D eigenvalue weighted by molar-refractivity contribution is 7.89. The van der Waals surface area contributed by atoms with Crippen LogP contribution in [0.2, 0.25) is 0 Å². The molecular weight excluding hydrogens is 454 g/mol. The first-order chi connectivity index (χ1) is 15.8. The van der Waals surface area contributed by atoms with Crippen molar-refractivity contribution in [3.05, 3.63) is 45.8 Å². The summed E-state index contributed by atoms with van der Waals surface area (Å²) in [5, 5.41) is 13.1. The fourth-order valence-electron chi connectivity index (χ4n) is 5.04. The molecule has 0 spiro atoms. The van der Waals surface area contributed by atoms with Crippen LogP contribution in [0.1, 0.15) is 78.7 Å². The lowest BCUT2D eigenvalue weighted by Crippen LogP contribution is -2.41. The molecule has 0 bridgehead atoms. The number of nitrogens with zero attached hydrogens (tertiary/aromatic N) is 2. The van der Waals surface area contributed by atoms with Crippen molar-refractivity contribution in [3.8, 4) is 6.07 Å². The highest BCUT2D eigenvalue weighted by Gasteiger charge is 2.31. The van der Waals surface area contributed by atoms with Crippen molar-refractivity contribution >= 4 is 32.3 Å². The van der Waals surface area contributed by atoms with E-state index in [-0.39, 0.29) is 16.8 Å². The molecule has 0 radical (unpaired) electrons. The quantitative estimate of drug-likeness (QED) is 0.598. The van der Waals surface area contributed by atoms with Gasteiger partial charge in [-0.1, -0.05) is 33.1 Å². The van der Waals surface area contributed by atoms with Gasteiger partial charge in [-0.15, -0.1) is 11.3 Å². The molecule has 1 amide bonds. The molecule has 2 aliphatic carbocycles. The van der Waals surface area contributed by atoms with Crippen LogP contribution < -0.4 is 5.32 Å². The van der Waals surface area contributed by atoms with Crippen LogP contribution in [0.15, 0.2) is 29.2 Å². The van der Waals surface area contributed by atoms with Crippen molar-refractivity contribution in [2.75, 3.05) is 11.9 Å². The average Bonchev–Trinajstić information content (AvgIpc) is 3.16. The van der Waals surface area contributed by atoms with Gasteiger partial charge in [0.25, 0.3) is 5.91 Å². The molecule has 2 aromatic rings. The molecule has 6 nitrogen and oxygen atoms in total. The van der Waals surface area contributed by atoms with Gasteiger partial charge in [-0.2, -0.15) is 9.57 Å². The van der Waals surface area contributed by atoms with Crippen molar-refractivity contribution in [1.29, 1.82) is 5.26 Å². The van der Waals surface area contributed by atoms with Gasteiger partial charge in [-0.25, -0.2) is 8.42 Å². The van der Waals surface area contributed by atoms with E-state index >= 15 is 0 Å². The second-order valence-electron chi connectivity index (χ2n) is 9.15. The molecule has 176 valence electrons. The number of sulfonamides is 1. The normalized spacial score (nSPS) is 19.2. The Morgan fingerprint density at radius 1 is 1.18 bits per heavy atom. The van der Waals surface area contributed by atoms with Gasteiger partial charge in [0, 0.05) is 23.0 Å². The number of rotatable bonds is 6. The Balaban J connectivity index is 1.51. The van der Waals surface area contributed by atoms with Crippen LogP contribution in [0.4, 0.5) is 5.00 Å². The maximum atomic E-state index is 13.2. The number of benzene rings is 1. The number of carbonyl (C=O) groups excluding carboxylic acids is 1. The van der Waals surface area contributed by atoms with Gasteiger partial charge < -0.3 is 5.32 Å². The molecule has 8 heteroatoms. The van der Waals surface area contributed by atoms with E-state index < -0.39 is 10.0 Å². The van der Waals surface area contributed by atoms with Gasteiger partial charge in [0.2, 0.25) is 10.0 Å². The third-order valence-electron chi connectivity index (χ3n) is 6.87. The minimum atomic E-state index is -3.61. The van der Waals surface area contributed by atoms with Gasteiger partial charge in [-0.3, -0.25) is 4.79 Å². The first-order valence-corrected chi connectivity index (χ1v) is 14.1. The maximum absolute atomic E-state index is 13.2. The zero-order valence-corrected chi connectivity index (χ0v) is 20.9. The molecular formula is C25H31N3O3S2. The second kappa shape index (κ2) is 9.96. The second-order valence-corrected chi connectivity index (χ2v) is 12.1. The molecule has 1 atom stereocenters. The number of carbonyl (C=O) groups is 1. The average molecular weight is 486 g/mol. The van der Waals surface area contributed by atoms with E-state index in [1.165, 1.54) is 28.3 Å². The van der Waals surface area contributed by atoms with Crippen molar-refractivity contribution in [3.63, 3.8) is 0 Å². The summed E-state index contributed by atoms with van der Waals surface area (Å²) in [5.41, 5.74) is 2.01. The molecule has 1 heterocycles. The molecule has 2 aliphatic rings. The van der Waals surface area contributed by atoms with Crippen LogP contribution in [0, 0.1) is 17.2 Å². The molecule has 0 aliphatic heterocycles. The fourth-order valence-corrected chi connectivity index (χ4v) is 8.09. The van der Waals surface area contributed by atoms with Crippen molar-refractivity contribution < 1.29 is 13.2 Å². The number of nitriles is 1. The topological polar surface area (TPSA) is 90.3 Å². The first kappa shape index (κ1) is 23.9. The first-order valence-electron chi connectivity index (χ1n) is 11.8. The summed E-state index contributed by atoms with van der Waals surface area (Å²) in [6.07, 6.45) is 7.95. The van der Waals surface area contributed by atoms with E-state index in [9.17, 15) is 18.5 Å². The molecule has 1 N–H and O–H groups in total. The standard InChI is InChI=1S/C25H31N3O3S2/c1-3-28(19-7-5-4-6-8-19)33(30,31)20-12-10-18(11-13-20)24(29)27-25-22(16-26)21-14-9-17(2)15-23(21)32-25/h10-13,17,19H,3-9,14-15H2,1-2H3,(H,27,29)/t17-/m0/s1. The third kappa shape index (κ3) is 4.86. The van der Waals surface area contributed by atoms with Gasteiger partial charge >= 0.3 is 0 Å². The maximum Gasteiger partial charge on any atom is 0.256 e. The Morgan fingerprint density at radius 2 is 1.88 bits per heavy atom. The highest BCUT2D eigenvalue weighted by atomic mass is 32.2. The number of anilines is 1. The number of hydrogen-bond acceptors (Lipinski definition) is 5. The summed E-state index contributed by atoms with van der Waals surface area (Å²) in [6.45, 7) is 4.52. The molecule has 0 unspecified atom stereocenters. The SMILES string of the molecule is CCN(C1CCCCC1)S(=O)(=O)c1ccc(C(=O)Nc2sc3c(c2C#N)CC[C@H](C)C3)cc1. The molecule has 4 rings (SSSR count). The van der Waals surface area contributed by atoms with E-state index in [1.807, 2.05) is 6.92 Å². The minimum absolute atomic E-state index is 0.0497. The Hall–Kier alpha value is -2.21. The number of nitrogens with one attached hydrogen (secondary N) is 1. The lowest BCUT2D eigenvalue weighted by molar-refractivity contribution is 0.102. The minimum Gasteiger partial charge on any atom is -0.312 e. The van der Waals surface area contributed by atoms with Crippen LogP contribution in [0.25, 0.3) is 0 Å². The third-order valence-corrected chi connectivity index (χ3v) is 10.1. The summed E-state index contributed by atoms with van der Waals surface area (Å²) in [6, 6.07) is 8.46. The molecule has 1 aromatic carbocycles. The zero-order valence-electron chi connectivity index (χ0n) is 19.3. The van der Waals surface area contributed by atoms with Gasteiger partial charge in [0.15, 0.2) is 0 Å². The van der Waals surface area contributed by atoms with Gasteiger partial charge in [-0.05, 0) is 67.9 Å². The molecule has 33 heavy (non-hydrogen) atoms. The predicted octanol–water partition coefficient (Wildman–Crippen LogP) is 5.34. The largest absolute Gasteiger partial charge is 0.312 e. The van der Waals surface area contributed by atoms with Crippen LogP contribution in [-0.2, 0) is 22.9 Å². The van der Waals surface area contributed by atoms with E-state index in [0.29, 0.717) is 28.6 Å². The molecule has 1 aromatic heterocycles. The van der Waals surface area contributed by atoms with Crippen molar-refractivity contribution in [2.24, 2.45) is 5.92 Å². The lowest BCUT2D eigenvalue weighted by atomic mass is 9.88. The zero-order chi connectivity index (χ0) is 23.6. The van der Waals surface area contributed by atoms with Crippen LogP contribution in [0.3, 0.4) is 0 Å². The Labute approximate surface area is 200 Å². The van der Waals surface area contributed by atoms with E-state index in [4.69, 9.17) is 0 Å². The molecule has 0 saturated heterocycles. The van der Waals surface area contributed by atoms with Crippen LogP contribution in [-0.4, -0.2) is 31.2 Å². The number of thiophene rings is 1. The monoisotopic (exact) mass is 485 g/mol. The van der Waals surface area contributed by atoms with Gasteiger partial charge in [0.1, 0.15) is 11.1 Å². The van der Waals surface area contributed by atoms with E-state index in [0.717, 1.165) is 56.9 Å². The van der Waals surface area contributed by atoms with E-state index in [2.05, 4.69) is 18.3 Å². The lowest BCUT2D eigenvalue weighted by Gasteiger charge is -2.32. The Bertz CT molecular complexity index is 1160. The summed E-state index contributed by atoms with van der Waals surface area (Å²) in [5.74, 6) is 0.249. The highest BCUT2D eigenvalue weighted by Crippen LogP contribution is 2.39. The molecule has 1 saturated carbocycles. The summed E-state index contributed by atoms with van der Waals surface area (Å²) in [4.78, 5) is 14.3. The predicted molar refractivity (Wildman–Crippen MR) is 131 cm³/mol. The van der Waals surface area contributed by atoms with Gasteiger partial charge in [0.05, 0.1) is 10.5 Å². The number of amides is 1. The fraction of sp³-hybridized carbons (Fsp3) is 0.520.